The summed E-state index contributed by atoms with van der Waals surface area (Å²) in [5, 5.41) is 3.54. The molecule has 0 saturated heterocycles. The van der Waals surface area contributed by atoms with Crippen LogP contribution < -0.4 is 5.32 Å². The molecule has 18 heavy (non-hydrogen) atoms. The van der Waals surface area contributed by atoms with Crippen LogP contribution in [0, 0.1) is 17.6 Å². The molecule has 2 aliphatic rings. The Balaban J connectivity index is 1.71. The third kappa shape index (κ3) is 2.72. The van der Waals surface area contributed by atoms with Crippen molar-refractivity contribution in [1.29, 1.82) is 0 Å². The quantitative estimate of drug-likeness (QED) is 0.862. The van der Waals surface area contributed by atoms with Crippen molar-refractivity contribution in [3.05, 3.63) is 35.4 Å². The third-order valence-electron chi connectivity index (χ3n) is 4.22. The molecule has 1 nitrogen and oxygen atoms in total. The molecular weight excluding hydrogens is 232 g/mol. The first-order valence-corrected chi connectivity index (χ1v) is 6.92. The smallest absolute Gasteiger partial charge is 0.126 e. The van der Waals surface area contributed by atoms with Gasteiger partial charge in [0.25, 0.3) is 0 Å². The number of rotatable bonds is 4. The second kappa shape index (κ2) is 4.96. The van der Waals surface area contributed by atoms with E-state index in [1.807, 2.05) is 0 Å². The molecule has 0 aromatic heterocycles. The highest BCUT2D eigenvalue weighted by atomic mass is 19.1. The third-order valence-corrected chi connectivity index (χ3v) is 4.22. The summed E-state index contributed by atoms with van der Waals surface area (Å²) < 4.78 is 26.6. The van der Waals surface area contributed by atoms with E-state index >= 15 is 0 Å². The first-order valence-electron chi connectivity index (χ1n) is 6.92. The molecule has 0 spiro atoms. The summed E-state index contributed by atoms with van der Waals surface area (Å²) in [5.74, 6) is -0.0511. The molecule has 2 unspecified atom stereocenters. The van der Waals surface area contributed by atoms with Gasteiger partial charge in [-0.2, -0.15) is 0 Å². The Morgan fingerprint density at radius 2 is 1.72 bits per heavy atom. The number of halogens is 2. The maximum Gasteiger partial charge on any atom is 0.126 e. The standard InChI is InChI=1S/C15H19F2N/c16-12-6-11(7-13(17)8-12)15-3-1-2-10(15)9-18-14-4-5-14/h6-8,10,14-15,18H,1-5,9H2. The van der Waals surface area contributed by atoms with E-state index in [-0.39, 0.29) is 0 Å². The van der Waals surface area contributed by atoms with Crippen molar-refractivity contribution in [2.24, 2.45) is 5.92 Å². The Morgan fingerprint density at radius 1 is 1.00 bits per heavy atom. The Hall–Kier alpha value is -0.960. The Bertz CT molecular complexity index is 408. The fraction of sp³-hybridized carbons (Fsp3) is 0.600. The van der Waals surface area contributed by atoms with Gasteiger partial charge in [0.2, 0.25) is 0 Å². The molecule has 0 radical (unpaired) electrons. The van der Waals surface area contributed by atoms with Crippen LogP contribution in [-0.4, -0.2) is 12.6 Å². The molecule has 3 rings (SSSR count). The lowest BCUT2D eigenvalue weighted by molar-refractivity contribution is 0.439. The molecule has 98 valence electrons. The highest BCUT2D eigenvalue weighted by Gasteiger charge is 2.31. The van der Waals surface area contributed by atoms with Crippen molar-refractivity contribution in [3.8, 4) is 0 Å². The first kappa shape index (κ1) is 12.1. The lowest BCUT2D eigenvalue weighted by Crippen LogP contribution is -2.26. The summed E-state index contributed by atoms with van der Waals surface area (Å²) >= 11 is 0. The van der Waals surface area contributed by atoms with Crippen LogP contribution in [-0.2, 0) is 0 Å². The molecule has 1 aromatic carbocycles. The Kier molecular flexibility index (Phi) is 3.33. The van der Waals surface area contributed by atoms with E-state index in [1.165, 1.54) is 37.8 Å². The Morgan fingerprint density at radius 3 is 2.39 bits per heavy atom. The SMILES string of the molecule is Fc1cc(F)cc(C2CCCC2CNC2CC2)c1. The van der Waals surface area contributed by atoms with Crippen molar-refractivity contribution in [1.82, 2.24) is 5.32 Å². The van der Waals surface area contributed by atoms with Crippen molar-refractivity contribution >= 4 is 0 Å². The van der Waals surface area contributed by atoms with Crippen molar-refractivity contribution in [2.45, 2.75) is 44.1 Å². The van der Waals surface area contributed by atoms with Gasteiger partial charge in [0.1, 0.15) is 11.6 Å². The predicted octanol–water partition coefficient (Wildman–Crippen LogP) is 3.60. The van der Waals surface area contributed by atoms with Crippen LogP contribution in [0.15, 0.2) is 18.2 Å². The van der Waals surface area contributed by atoms with E-state index in [0.717, 1.165) is 24.6 Å². The van der Waals surface area contributed by atoms with E-state index < -0.39 is 11.6 Å². The molecule has 2 aliphatic carbocycles. The minimum atomic E-state index is -0.453. The van der Waals surface area contributed by atoms with Crippen LogP contribution in [0.1, 0.15) is 43.6 Å². The molecule has 2 atom stereocenters. The molecule has 2 saturated carbocycles. The molecule has 0 amide bonds. The minimum absolute atomic E-state index is 0.321. The van der Waals surface area contributed by atoms with Gasteiger partial charge in [0.15, 0.2) is 0 Å². The average Bonchev–Trinajstić information content (AvgIpc) is 3.02. The van der Waals surface area contributed by atoms with Gasteiger partial charge in [-0.05, 0) is 61.8 Å². The van der Waals surface area contributed by atoms with Crippen LogP contribution in [0.3, 0.4) is 0 Å². The number of hydrogen-bond acceptors (Lipinski definition) is 1. The maximum absolute atomic E-state index is 13.3. The largest absolute Gasteiger partial charge is 0.314 e. The second-order valence-corrected chi connectivity index (χ2v) is 5.68. The molecule has 0 aliphatic heterocycles. The van der Waals surface area contributed by atoms with Gasteiger partial charge in [0.05, 0.1) is 0 Å². The Labute approximate surface area is 107 Å². The molecule has 2 fully saturated rings. The number of benzene rings is 1. The number of nitrogens with one attached hydrogen (secondary N) is 1. The van der Waals surface area contributed by atoms with E-state index in [2.05, 4.69) is 5.32 Å². The van der Waals surface area contributed by atoms with E-state index in [9.17, 15) is 8.78 Å². The van der Waals surface area contributed by atoms with Gasteiger partial charge in [-0.1, -0.05) is 6.42 Å². The van der Waals surface area contributed by atoms with Crippen LogP contribution in [0.5, 0.6) is 0 Å². The topological polar surface area (TPSA) is 12.0 Å². The minimum Gasteiger partial charge on any atom is -0.314 e. The van der Waals surface area contributed by atoms with Crippen LogP contribution in [0.2, 0.25) is 0 Å². The molecule has 0 bridgehead atoms. The normalized spacial score (nSPS) is 27.7. The highest BCUT2D eigenvalue weighted by Crippen LogP contribution is 2.40. The maximum atomic E-state index is 13.3. The fourth-order valence-electron chi connectivity index (χ4n) is 3.11. The van der Waals surface area contributed by atoms with E-state index in [1.54, 1.807) is 0 Å². The van der Waals surface area contributed by atoms with Gasteiger partial charge >= 0.3 is 0 Å². The zero-order valence-corrected chi connectivity index (χ0v) is 10.5. The predicted molar refractivity (Wildman–Crippen MR) is 67.5 cm³/mol. The monoisotopic (exact) mass is 251 g/mol. The summed E-state index contributed by atoms with van der Waals surface area (Å²) in [7, 11) is 0. The highest BCUT2D eigenvalue weighted by molar-refractivity contribution is 5.23. The van der Waals surface area contributed by atoms with Gasteiger partial charge in [-0.15, -0.1) is 0 Å². The van der Waals surface area contributed by atoms with Crippen molar-refractivity contribution in [3.63, 3.8) is 0 Å². The lowest BCUT2D eigenvalue weighted by Gasteiger charge is -2.20. The van der Waals surface area contributed by atoms with Crippen molar-refractivity contribution < 1.29 is 8.78 Å². The number of hydrogen-bond donors (Lipinski definition) is 1. The molecule has 1 aromatic rings. The zero-order valence-electron chi connectivity index (χ0n) is 10.5. The van der Waals surface area contributed by atoms with Crippen molar-refractivity contribution in [2.75, 3.05) is 6.54 Å². The van der Waals surface area contributed by atoms with Gasteiger partial charge in [-0.3, -0.25) is 0 Å². The van der Waals surface area contributed by atoms with E-state index in [0.29, 0.717) is 17.9 Å². The summed E-state index contributed by atoms with van der Waals surface area (Å²) in [6.07, 6.45) is 5.96. The lowest BCUT2D eigenvalue weighted by atomic mass is 9.88. The molecule has 3 heteroatoms. The fourth-order valence-corrected chi connectivity index (χ4v) is 3.11. The van der Waals surface area contributed by atoms with Gasteiger partial charge < -0.3 is 5.32 Å². The van der Waals surface area contributed by atoms with Crippen LogP contribution in [0.25, 0.3) is 0 Å². The average molecular weight is 251 g/mol. The molecule has 0 heterocycles. The van der Waals surface area contributed by atoms with Crippen LogP contribution >= 0.6 is 0 Å². The molecule has 1 N–H and O–H groups in total. The second-order valence-electron chi connectivity index (χ2n) is 5.68. The summed E-state index contributed by atoms with van der Waals surface area (Å²) in [4.78, 5) is 0. The molecular formula is C15H19F2N. The van der Waals surface area contributed by atoms with Gasteiger partial charge in [0, 0.05) is 12.1 Å². The van der Waals surface area contributed by atoms with Crippen LogP contribution in [0.4, 0.5) is 8.78 Å². The first-order chi connectivity index (χ1) is 8.72. The van der Waals surface area contributed by atoms with E-state index in [4.69, 9.17) is 0 Å². The summed E-state index contributed by atoms with van der Waals surface area (Å²) in [5.41, 5.74) is 0.840. The summed E-state index contributed by atoms with van der Waals surface area (Å²) in [6.45, 7) is 0.994. The summed E-state index contributed by atoms with van der Waals surface area (Å²) in [6, 6.07) is 4.66. The van der Waals surface area contributed by atoms with Gasteiger partial charge in [-0.25, -0.2) is 8.78 Å². The zero-order chi connectivity index (χ0) is 12.5.